The summed E-state index contributed by atoms with van der Waals surface area (Å²) in [5, 5.41) is 3.45. The highest BCUT2D eigenvalue weighted by Gasteiger charge is 2.10. The monoisotopic (exact) mass is 321 g/mol. The van der Waals surface area contributed by atoms with Crippen LogP contribution in [0.3, 0.4) is 0 Å². The van der Waals surface area contributed by atoms with Crippen LogP contribution in [0.15, 0.2) is 30.5 Å². The Balaban J connectivity index is 1.57. The van der Waals surface area contributed by atoms with Gasteiger partial charge in [0.15, 0.2) is 4.47 Å². The highest BCUT2D eigenvalue weighted by Crippen LogP contribution is 2.20. The first-order valence-electron chi connectivity index (χ1n) is 7.45. The Labute approximate surface area is 135 Å². The topological polar surface area (TPSA) is 28.2 Å². The molecule has 0 radical (unpaired) electrons. The number of benzene rings is 1. The molecule has 1 aromatic carbocycles. The summed E-state index contributed by atoms with van der Waals surface area (Å²) in [5.74, 6) is 0. The van der Waals surface area contributed by atoms with E-state index in [1.807, 2.05) is 6.20 Å². The van der Waals surface area contributed by atoms with Crippen molar-refractivity contribution < 1.29 is 0 Å². The molecule has 1 aliphatic rings. The van der Waals surface area contributed by atoms with Gasteiger partial charge in [-0.1, -0.05) is 30.2 Å². The smallest absolute Gasteiger partial charge is 0.183 e. The average molecular weight is 322 g/mol. The van der Waals surface area contributed by atoms with Crippen LogP contribution in [-0.2, 0) is 13.1 Å². The summed E-state index contributed by atoms with van der Waals surface area (Å²) in [5.41, 5.74) is 2.54. The van der Waals surface area contributed by atoms with E-state index in [9.17, 15) is 0 Å². The largest absolute Gasteiger partial charge is 0.380 e. The van der Waals surface area contributed by atoms with E-state index in [0.29, 0.717) is 4.47 Å². The Morgan fingerprint density at radius 3 is 2.86 bits per heavy atom. The minimum atomic E-state index is 0.602. The van der Waals surface area contributed by atoms with Crippen LogP contribution in [0, 0.1) is 0 Å². The minimum absolute atomic E-state index is 0.602. The minimum Gasteiger partial charge on any atom is -0.380 e. The summed E-state index contributed by atoms with van der Waals surface area (Å²) < 4.78 is 0.602. The first kappa shape index (κ1) is 14.8. The van der Waals surface area contributed by atoms with Crippen molar-refractivity contribution in [1.29, 1.82) is 0 Å². The number of thiazole rings is 1. The molecule has 2 heterocycles. The molecule has 0 saturated carbocycles. The molecule has 0 unspecified atom stereocenters. The molecule has 3 nitrogen and oxygen atoms in total. The molecule has 1 aromatic heterocycles. The van der Waals surface area contributed by atoms with Crippen molar-refractivity contribution in [2.45, 2.75) is 32.4 Å². The number of rotatable bonds is 5. The van der Waals surface area contributed by atoms with Crippen LogP contribution in [0.2, 0.25) is 4.47 Å². The van der Waals surface area contributed by atoms with E-state index >= 15 is 0 Å². The van der Waals surface area contributed by atoms with Crippen LogP contribution in [0.4, 0.5) is 5.69 Å². The molecule has 3 rings (SSSR count). The molecule has 1 fully saturated rings. The predicted octanol–water partition coefficient (Wildman–Crippen LogP) is 4.39. The van der Waals surface area contributed by atoms with Gasteiger partial charge in [0.1, 0.15) is 0 Å². The second-order valence-corrected chi connectivity index (χ2v) is 7.17. The van der Waals surface area contributed by atoms with E-state index in [1.165, 1.54) is 49.3 Å². The number of nitrogens with one attached hydrogen (secondary N) is 1. The molecule has 1 saturated heterocycles. The van der Waals surface area contributed by atoms with Crippen molar-refractivity contribution in [1.82, 2.24) is 9.88 Å². The number of aromatic nitrogens is 1. The van der Waals surface area contributed by atoms with Gasteiger partial charge in [-0.3, -0.25) is 4.90 Å². The van der Waals surface area contributed by atoms with Crippen LogP contribution in [0.25, 0.3) is 0 Å². The summed E-state index contributed by atoms with van der Waals surface area (Å²) in [6, 6.07) is 8.70. The van der Waals surface area contributed by atoms with E-state index in [2.05, 4.69) is 39.5 Å². The van der Waals surface area contributed by atoms with Gasteiger partial charge in [-0.25, -0.2) is 4.98 Å². The van der Waals surface area contributed by atoms with Gasteiger partial charge in [0, 0.05) is 23.3 Å². The number of hydrogen-bond donors (Lipinski definition) is 1. The van der Waals surface area contributed by atoms with Crippen molar-refractivity contribution in [3.8, 4) is 0 Å². The maximum atomic E-state index is 5.85. The van der Waals surface area contributed by atoms with E-state index < -0.39 is 0 Å². The lowest BCUT2D eigenvalue weighted by molar-refractivity contribution is 0.221. The molecule has 0 bridgehead atoms. The van der Waals surface area contributed by atoms with E-state index in [-0.39, 0.29) is 0 Å². The fraction of sp³-hybridized carbons (Fsp3) is 0.438. The Hall–Kier alpha value is -1.10. The molecule has 21 heavy (non-hydrogen) atoms. The number of piperidine rings is 1. The Kier molecular flexibility index (Phi) is 5.12. The highest BCUT2D eigenvalue weighted by atomic mass is 35.5. The predicted molar refractivity (Wildman–Crippen MR) is 90.0 cm³/mol. The number of hydrogen-bond acceptors (Lipinski definition) is 4. The molecule has 0 spiro atoms. The van der Waals surface area contributed by atoms with Crippen LogP contribution < -0.4 is 5.32 Å². The molecule has 112 valence electrons. The summed E-state index contributed by atoms with van der Waals surface area (Å²) >= 11 is 7.37. The van der Waals surface area contributed by atoms with Crippen molar-refractivity contribution in [3.63, 3.8) is 0 Å². The molecule has 0 atom stereocenters. The summed E-state index contributed by atoms with van der Waals surface area (Å²) in [4.78, 5) is 7.76. The van der Waals surface area contributed by atoms with Crippen LogP contribution in [-0.4, -0.2) is 23.0 Å². The first-order valence-corrected chi connectivity index (χ1v) is 8.64. The number of anilines is 1. The SMILES string of the molecule is Clc1ncc(CNc2cccc(CN3CCCCC3)c2)s1. The molecule has 0 aliphatic carbocycles. The number of nitrogens with zero attached hydrogens (tertiary/aromatic N) is 2. The maximum Gasteiger partial charge on any atom is 0.183 e. The van der Waals surface area contributed by atoms with Crippen LogP contribution >= 0.6 is 22.9 Å². The lowest BCUT2D eigenvalue weighted by atomic mass is 10.1. The molecule has 1 N–H and O–H groups in total. The highest BCUT2D eigenvalue weighted by molar-refractivity contribution is 7.15. The summed E-state index contributed by atoms with van der Waals surface area (Å²) in [6.07, 6.45) is 5.89. The standard InChI is InChI=1S/C16H20ClN3S/c17-16-19-11-15(21-16)10-18-14-6-4-5-13(9-14)12-20-7-2-1-3-8-20/h4-6,9,11,18H,1-3,7-8,10,12H2. The van der Waals surface area contributed by atoms with Gasteiger partial charge in [0.2, 0.25) is 0 Å². The zero-order chi connectivity index (χ0) is 14.5. The van der Waals surface area contributed by atoms with Gasteiger partial charge in [0.25, 0.3) is 0 Å². The van der Waals surface area contributed by atoms with Crippen molar-refractivity contribution in [2.75, 3.05) is 18.4 Å². The fourth-order valence-corrected chi connectivity index (χ4v) is 3.63. The van der Waals surface area contributed by atoms with Gasteiger partial charge >= 0.3 is 0 Å². The number of halogens is 1. The Bertz CT molecular complexity index is 578. The van der Waals surface area contributed by atoms with Crippen molar-refractivity contribution >= 4 is 28.6 Å². The van der Waals surface area contributed by atoms with Crippen LogP contribution in [0.5, 0.6) is 0 Å². The van der Waals surface area contributed by atoms with Crippen molar-refractivity contribution in [2.24, 2.45) is 0 Å². The van der Waals surface area contributed by atoms with Gasteiger partial charge in [0.05, 0.1) is 6.54 Å². The van der Waals surface area contributed by atoms with E-state index in [4.69, 9.17) is 11.6 Å². The molecule has 0 amide bonds. The zero-order valence-corrected chi connectivity index (χ0v) is 13.6. The maximum absolute atomic E-state index is 5.85. The normalized spacial score (nSPS) is 16.0. The Morgan fingerprint density at radius 1 is 1.24 bits per heavy atom. The molecule has 5 heteroatoms. The average Bonchev–Trinajstić information content (AvgIpc) is 2.92. The molecular weight excluding hydrogens is 302 g/mol. The molecular formula is C16H20ClN3S. The zero-order valence-electron chi connectivity index (χ0n) is 12.0. The van der Waals surface area contributed by atoms with Crippen molar-refractivity contribution in [3.05, 3.63) is 45.4 Å². The molecule has 1 aliphatic heterocycles. The van der Waals surface area contributed by atoms with E-state index in [0.717, 1.165) is 23.7 Å². The Morgan fingerprint density at radius 2 is 2.10 bits per heavy atom. The van der Waals surface area contributed by atoms with Crippen LogP contribution in [0.1, 0.15) is 29.7 Å². The second-order valence-electron chi connectivity index (χ2n) is 5.47. The number of likely N-dealkylation sites (tertiary alicyclic amines) is 1. The lowest BCUT2D eigenvalue weighted by Gasteiger charge is -2.26. The summed E-state index contributed by atoms with van der Waals surface area (Å²) in [7, 11) is 0. The summed E-state index contributed by atoms with van der Waals surface area (Å²) in [6.45, 7) is 4.30. The quantitative estimate of drug-likeness (QED) is 0.885. The third-order valence-corrected chi connectivity index (χ3v) is 4.89. The fourth-order valence-electron chi connectivity index (χ4n) is 2.71. The third-order valence-electron chi connectivity index (χ3n) is 3.77. The van der Waals surface area contributed by atoms with Gasteiger partial charge < -0.3 is 5.32 Å². The lowest BCUT2D eigenvalue weighted by Crippen LogP contribution is -2.29. The van der Waals surface area contributed by atoms with Gasteiger partial charge in [-0.15, -0.1) is 11.3 Å². The molecule has 2 aromatic rings. The second kappa shape index (κ2) is 7.25. The van der Waals surface area contributed by atoms with E-state index in [1.54, 1.807) is 0 Å². The van der Waals surface area contributed by atoms with Gasteiger partial charge in [-0.2, -0.15) is 0 Å². The first-order chi connectivity index (χ1) is 10.3. The third kappa shape index (κ3) is 4.43. The van der Waals surface area contributed by atoms with Gasteiger partial charge in [-0.05, 0) is 43.6 Å².